The largest absolute Gasteiger partial charge is 0.235 e. The third-order valence-electron chi connectivity index (χ3n) is 2.97. The SMILES string of the molecule is C(=Cc1nn2c(-c3cccs3)nnc2s1)c1ccccc1. The van der Waals surface area contributed by atoms with Crippen LogP contribution in [-0.2, 0) is 0 Å². The monoisotopic (exact) mass is 310 g/mol. The van der Waals surface area contributed by atoms with Gasteiger partial charge in [0.15, 0.2) is 5.82 Å². The van der Waals surface area contributed by atoms with Gasteiger partial charge in [-0.3, -0.25) is 0 Å². The molecule has 0 amide bonds. The van der Waals surface area contributed by atoms with Gasteiger partial charge < -0.3 is 0 Å². The molecule has 0 saturated carbocycles. The highest BCUT2D eigenvalue weighted by atomic mass is 32.1. The quantitative estimate of drug-likeness (QED) is 0.572. The van der Waals surface area contributed by atoms with Crippen LogP contribution in [0.25, 0.3) is 27.8 Å². The first-order valence-corrected chi connectivity index (χ1v) is 8.09. The number of benzene rings is 1. The minimum absolute atomic E-state index is 0.801. The van der Waals surface area contributed by atoms with Gasteiger partial charge >= 0.3 is 0 Å². The van der Waals surface area contributed by atoms with Crippen molar-refractivity contribution in [2.24, 2.45) is 0 Å². The Kier molecular flexibility index (Phi) is 3.10. The summed E-state index contributed by atoms with van der Waals surface area (Å²) in [6.07, 6.45) is 4.06. The van der Waals surface area contributed by atoms with E-state index in [1.807, 2.05) is 41.8 Å². The molecular weight excluding hydrogens is 300 g/mol. The number of aromatic nitrogens is 4. The van der Waals surface area contributed by atoms with Gasteiger partial charge in [-0.2, -0.15) is 9.61 Å². The molecule has 4 nitrogen and oxygen atoms in total. The van der Waals surface area contributed by atoms with Crippen molar-refractivity contribution in [1.82, 2.24) is 19.8 Å². The highest BCUT2D eigenvalue weighted by molar-refractivity contribution is 7.17. The number of fused-ring (bicyclic) bond motifs is 1. The molecule has 0 fully saturated rings. The van der Waals surface area contributed by atoms with Crippen LogP contribution in [0.2, 0.25) is 0 Å². The number of nitrogens with zero attached hydrogens (tertiary/aromatic N) is 4. The predicted octanol–water partition coefficient (Wildman–Crippen LogP) is 4.08. The molecule has 0 aliphatic rings. The van der Waals surface area contributed by atoms with Gasteiger partial charge in [0.1, 0.15) is 5.01 Å². The standard InChI is InChI=1S/C15H10N4S2/c1-2-5-11(6-3-1)8-9-13-18-19-14(12-7-4-10-20-12)16-17-15(19)21-13/h1-10H. The number of thiophene rings is 1. The Bertz CT molecular complexity index is 888. The van der Waals surface area contributed by atoms with Crippen LogP contribution >= 0.6 is 22.7 Å². The molecule has 0 radical (unpaired) electrons. The minimum Gasteiger partial charge on any atom is -0.181 e. The summed E-state index contributed by atoms with van der Waals surface area (Å²) in [5.74, 6) is 0.801. The van der Waals surface area contributed by atoms with Crippen molar-refractivity contribution in [1.29, 1.82) is 0 Å². The Morgan fingerprint density at radius 3 is 2.67 bits per heavy atom. The first-order chi connectivity index (χ1) is 10.4. The van der Waals surface area contributed by atoms with E-state index in [1.165, 1.54) is 11.3 Å². The fourth-order valence-electron chi connectivity index (χ4n) is 1.99. The van der Waals surface area contributed by atoms with Crippen LogP contribution in [0.5, 0.6) is 0 Å². The van der Waals surface area contributed by atoms with Crippen LogP contribution in [0, 0.1) is 0 Å². The van der Waals surface area contributed by atoms with E-state index in [1.54, 1.807) is 15.9 Å². The fourth-order valence-corrected chi connectivity index (χ4v) is 3.42. The van der Waals surface area contributed by atoms with E-state index in [-0.39, 0.29) is 0 Å². The van der Waals surface area contributed by atoms with Crippen LogP contribution in [0.4, 0.5) is 0 Å². The molecular formula is C15H10N4S2. The maximum absolute atomic E-state index is 4.57. The number of hydrogen-bond acceptors (Lipinski definition) is 5. The second-order valence-electron chi connectivity index (χ2n) is 4.38. The summed E-state index contributed by atoms with van der Waals surface area (Å²) >= 11 is 3.17. The highest BCUT2D eigenvalue weighted by Crippen LogP contribution is 2.25. The molecule has 3 aromatic heterocycles. The summed E-state index contributed by atoms with van der Waals surface area (Å²) in [5.41, 5.74) is 1.15. The smallest absolute Gasteiger partial charge is 0.181 e. The third kappa shape index (κ3) is 2.39. The Hall–Kier alpha value is -2.31. The normalized spacial score (nSPS) is 11.6. The van der Waals surface area contributed by atoms with Gasteiger partial charge in [0.2, 0.25) is 4.96 Å². The van der Waals surface area contributed by atoms with E-state index in [0.717, 1.165) is 26.2 Å². The average molecular weight is 310 g/mol. The lowest BCUT2D eigenvalue weighted by molar-refractivity contribution is 0.963. The van der Waals surface area contributed by atoms with E-state index in [2.05, 4.69) is 33.5 Å². The summed E-state index contributed by atoms with van der Waals surface area (Å²) in [6, 6.07) is 14.2. The lowest BCUT2D eigenvalue weighted by Crippen LogP contribution is -1.88. The lowest BCUT2D eigenvalue weighted by atomic mass is 10.2. The van der Waals surface area contributed by atoms with Crippen LogP contribution in [0.1, 0.15) is 10.6 Å². The van der Waals surface area contributed by atoms with Gasteiger partial charge in [0.05, 0.1) is 4.88 Å². The lowest BCUT2D eigenvalue weighted by Gasteiger charge is -1.90. The van der Waals surface area contributed by atoms with E-state index in [9.17, 15) is 0 Å². The molecule has 6 heteroatoms. The summed E-state index contributed by atoms with van der Waals surface area (Å²) < 4.78 is 1.81. The molecule has 4 rings (SSSR count). The second-order valence-corrected chi connectivity index (χ2v) is 6.31. The van der Waals surface area contributed by atoms with Crippen molar-refractivity contribution in [3.63, 3.8) is 0 Å². The molecule has 3 heterocycles. The molecule has 0 aliphatic carbocycles. The first-order valence-electron chi connectivity index (χ1n) is 6.39. The molecule has 0 atom stereocenters. The average Bonchev–Trinajstić information content (AvgIpc) is 3.22. The van der Waals surface area contributed by atoms with Crippen molar-refractivity contribution in [3.8, 4) is 10.7 Å². The van der Waals surface area contributed by atoms with E-state index < -0.39 is 0 Å². The number of rotatable bonds is 3. The van der Waals surface area contributed by atoms with Gasteiger partial charge in [-0.25, -0.2) is 0 Å². The van der Waals surface area contributed by atoms with Gasteiger partial charge in [-0.15, -0.1) is 21.5 Å². The third-order valence-corrected chi connectivity index (χ3v) is 4.70. The molecule has 102 valence electrons. The van der Waals surface area contributed by atoms with Crippen molar-refractivity contribution in [2.75, 3.05) is 0 Å². The van der Waals surface area contributed by atoms with Crippen molar-refractivity contribution in [2.45, 2.75) is 0 Å². The van der Waals surface area contributed by atoms with E-state index in [0.29, 0.717) is 0 Å². The maximum atomic E-state index is 4.57. The predicted molar refractivity (Wildman–Crippen MR) is 87.3 cm³/mol. The molecule has 0 saturated heterocycles. The molecule has 0 bridgehead atoms. The zero-order chi connectivity index (χ0) is 14.1. The van der Waals surface area contributed by atoms with Gasteiger partial charge in [0.25, 0.3) is 0 Å². The van der Waals surface area contributed by atoms with Gasteiger partial charge in [-0.1, -0.05) is 53.8 Å². The van der Waals surface area contributed by atoms with Crippen LogP contribution in [0.3, 0.4) is 0 Å². The Morgan fingerprint density at radius 2 is 1.86 bits per heavy atom. The Morgan fingerprint density at radius 1 is 0.952 bits per heavy atom. The van der Waals surface area contributed by atoms with Crippen molar-refractivity contribution >= 4 is 39.8 Å². The highest BCUT2D eigenvalue weighted by Gasteiger charge is 2.12. The summed E-state index contributed by atoms with van der Waals surface area (Å²) in [5, 5.41) is 15.9. The van der Waals surface area contributed by atoms with E-state index in [4.69, 9.17) is 0 Å². The summed E-state index contributed by atoms with van der Waals surface area (Å²) in [4.78, 5) is 1.89. The Labute approximate surface area is 129 Å². The second kappa shape index (κ2) is 5.23. The molecule has 0 N–H and O–H groups in total. The topological polar surface area (TPSA) is 43.1 Å². The molecule has 0 unspecified atom stereocenters. The van der Waals surface area contributed by atoms with Crippen LogP contribution < -0.4 is 0 Å². The summed E-state index contributed by atoms with van der Waals surface area (Å²) in [6.45, 7) is 0. The van der Waals surface area contributed by atoms with Crippen LogP contribution in [0.15, 0.2) is 47.8 Å². The first kappa shape index (κ1) is 12.4. The van der Waals surface area contributed by atoms with Crippen molar-refractivity contribution in [3.05, 3.63) is 58.4 Å². The molecule has 0 aliphatic heterocycles. The molecule has 21 heavy (non-hydrogen) atoms. The fraction of sp³-hybridized carbons (Fsp3) is 0. The van der Waals surface area contributed by atoms with Gasteiger partial charge in [0, 0.05) is 0 Å². The van der Waals surface area contributed by atoms with Crippen LogP contribution in [-0.4, -0.2) is 19.8 Å². The van der Waals surface area contributed by atoms with Crippen molar-refractivity contribution < 1.29 is 0 Å². The Balaban J connectivity index is 1.70. The molecule has 4 aromatic rings. The van der Waals surface area contributed by atoms with E-state index >= 15 is 0 Å². The van der Waals surface area contributed by atoms with Gasteiger partial charge in [-0.05, 0) is 23.1 Å². The maximum Gasteiger partial charge on any atom is 0.235 e. The summed E-state index contributed by atoms with van der Waals surface area (Å²) in [7, 11) is 0. The number of hydrogen-bond donors (Lipinski definition) is 0. The minimum atomic E-state index is 0.801. The molecule has 1 aromatic carbocycles. The zero-order valence-electron chi connectivity index (χ0n) is 10.9. The zero-order valence-corrected chi connectivity index (χ0v) is 12.5. The molecule has 0 spiro atoms.